The van der Waals surface area contributed by atoms with Crippen LogP contribution in [0.3, 0.4) is 0 Å². The second-order valence-corrected chi connectivity index (χ2v) is 9.82. The van der Waals surface area contributed by atoms with E-state index in [0.717, 1.165) is 10.1 Å². The van der Waals surface area contributed by atoms with Gasteiger partial charge in [-0.1, -0.05) is 29.8 Å². The molecule has 3 aromatic heterocycles. The van der Waals surface area contributed by atoms with Crippen LogP contribution in [0.25, 0.3) is 27.8 Å². The highest BCUT2D eigenvalue weighted by atomic mass is 79.9. The topological polar surface area (TPSA) is 35.1 Å². The summed E-state index contributed by atoms with van der Waals surface area (Å²) in [6.07, 6.45) is 3.77. The van der Waals surface area contributed by atoms with Gasteiger partial charge in [0.1, 0.15) is 6.33 Å². The highest BCUT2D eigenvalue weighted by Crippen LogP contribution is 2.43. The summed E-state index contributed by atoms with van der Waals surface area (Å²) in [5, 5.41) is 5.74. The summed E-state index contributed by atoms with van der Waals surface area (Å²) in [7, 11) is 0. The lowest BCUT2D eigenvalue weighted by molar-refractivity contribution is 0.414. The minimum Gasteiger partial charge on any atom is -0.335 e. The number of benzene rings is 1. The third-order valence-corrected chi connectivity index (χ3v) is 6.09. The van der Waals surface area contributed by atoms with Gasteiger partial charge in [-0.15, -0.1) is 0 Å². The molecular weight excluding hydrogens is 412 g/mol. The Morgan fingerprint density at radius 1 is 1.07 bits per heavy atom. The number of hydrogen-bond acceptors (Lipinski definition) is 2. The van der Waals surface area contributed by atoms with Crippen molar-refractivity contribution in [2.75, 3.05) is 0 Å². The summed E-state index contributed by atoms with van der Waals surface area (Å²) in [4.78, 5) is 4.44. The van der Waals surface area contributed by atoms with Crippen molar-refractivity contribution in [2.45, 2.75) is 59.9 Å². The van der Waals surface area contributed by atoms with Crippen LogP contribution in [0, 0.1) is 13.8 Å². The second kappa shape index (κ2) is 6.45. The van der Waals surface area contributed by atoms with E-state index >= 15 is 0 Å². The molecule has 0 spiro atoms. The van der Waals surface area contributed by atoms with Gasteiger partial charge in [0, 0.05) is 32.7 Å². The van der Waals surface area contributed by atoms with Crippen LogP contribution in [0.1, 0.15) is 57.2 Å². The van der Waals surface area contributed by atoms with Crippen molar-refractivity contribution in [1.82, 2.24) is 19.2 Å². The van der Waals surface area contributed by atoms with Crippen molar-refractivity contribution in [3.05, 3.63) is 51.9 Å². The lowest BCUT2D eigenvalue weighted by Gasteiger charge is -2.28. The Bertz CT molecular complexity index is 1210. The van der Waals surface area contributed by atoms with Gasteiger partial charge >= 0.3 is 0 Å². The molecule has 5 heteroatoms. The van der Waals surface area contributed by atoms with E-state index in [9.17, 15) is 0 Å². The van der Waals surface area contributed by atoms with E-state index in [1.54, 1.807) is 6.33 Å². The summed E-state index contributed by atoms with van der Waals surface area (Å²) in [5.41, 5.74) is 8.46. The number of halogens is 1. The predicted octanol–water partition coefficient (Wildman–Crippen LogP) is 6.61. The molecule has 0 saturated heterocycles. The quantitative estimate of drug-likeness (QED) is 0.352. The number of nitrogens with zero attached hydrogens (tertiary/aromatic N) is 4. The maximum Gasteiger partial charge on any atom is 0.158 e. The zero-order valence-electron chi connectivity index (χ0n) is 17.6. The fourth-order valence-electron chi connectivity index (χ4n) is 4.27. The van der Waals surface area contributed by atoms with Crippen molar-refractivity contribution < 1.29 is 0 Å². The second-order valence-electron chi connectivity index (χ2n) is 8.91. The smallest absolute Gasteiger partial charge is 0.158 e. The Morgan fingerprint density at radius 3 is 2.43 bits per heavy atom. The van der Waals surface area contributed by atoms with E-state index in [0.29, 0.717) is 5.92 Å². The molecule has 0 atom stereocenters. The number of pyridine rings is 1. The third kappa shape index (κ3) is 2.79. The zero-order valence-corrected chi connectivity index (χ0v) is 19.2. The summed E-state index contributed by atoms with van der Waals surface area (Å²) >= 11 is 3.68. The number of aromatic nitrogens is 4. The molecule has 4 rings (SSSR count). The number of fused-ring (bicyclic) bond motifs is 2. The molecule has 4 aromatic rings. The molecule has 0 aliphatic carbocycles. The van der Waals surface area contributed by atoms with E-state index in [1.165, 1.54) is 38.9 Å². The summed E-state index contributed by atoms with van der Waals surface area (Å²) in [6.45, 7) is 15.7. The molecule has 4 nitrogen and oxygen atoms in total. The van der Waals surface area contributed by atoms with E-state index in [2.05, 4.69) is 103 Å². The first-order valence-corrected chi connectivity index (χ1v) is 10.5. The number of rotatable bonds is 2. The molecule has 0 unspecified atom stereocenters. The van der Waals surface area contributed by atoms with Gasteiger partial charge in [0.05, 0.1) is 5.69 Å². The van der Waals surface area contributed by atoms with Gasteiger partial charge in [0.15, 0.2) is 5.65 Å². The van der Waals surface area contributed by atoms with Gasteiger partial charge in [-0.3, -0.25) is 0 Å². The first kappa shape index (κ1) is 19.2. The lowest BCUT2D eigenvalue weighted by atomic mass is 9.93. The molecule has 0 aliphatic rings. The Hall–Kier alpha value is -2.14. The van der Waals surface area contributed by atoms with Gasteiger partial charge in [0.25, 0.3) is 0 Å². The largest absolute Gasteiger partial charge is 0.335 e. The SMILES string of the molecule is Cc1c(-c2c(C(C)C)c3cc(Br)ccc3n2C(C)(C)C)cn2ncnc2c1C. The normalized spacial score (nSPS) is 12.6. The molecule has 0 aliphatic heterocycles. The molecule has 146 valence electrons. The van der Waals surface area contributed by atoms with Gasteiger partial charge in [-0.25, -0.2) is 9.50 Å². The minimum atomic E-state index is -0.0633. The van der Waals surface area contributed by atoms with Gasteiger partial charge in [-0.2, -0.15) is 5.10 Å². The van der Waals surface area contributed by atoms with E-state index in [4.69, 9.17) is 0 Å². The average Bonchev–Trinajstić information content (AvgIpc) is 3.19. The molecule has 3 heterocycles. The monoisotopic (exact) mass is 438 g/mol. The van der Waals surface area contributed by atoms with Crippen molar-refractivity contribution in [3.8, 4) is 11.3 Å². The average molecular weight is 439 g/mol. The van der Waals surface area contributed by atoms with Gasteiger partial charge in [0.2, 0.25) is 0 Å². The fraction of sp³-hybridized carbons (Fsp3) is 0.391. The van der Waals surface area contributed by atoms with E-state index in [1.807, 2.05) is 4.52 Å². The Balaban J connectivity index is 2.24. The fourth-order valence-corrected chi connectivity index (χ4v) is 4.64. The Morgan fingerprint density at radius 2 is 1.79 bits per heavy atom. The standard InChI is InChI=1S/C23H27BrN4/c1-13(2)20-17-10-16(24)8-9-19(17)28(23(5,6)7)21(20)18-11-27-22(25-12-26-27)15(4)14(18)3/h8-13H,1-7H3. The van der Waals surface area contributed by atoms with Crippen molar-refractivity contribution >= 4 is 32.5 Å². The summed E-state index contributed by atoms with van der Waals surface area (Å²) in [5.74, 6) is 0.390. The van der Waals surface area contributed by atoms with Crippen LogP contribution in [0.15, 0.2) is 35.2 Å². The lowest BCUT2D eigenvalue weighted by Crippen LogP contribution is -2.23. The summed E-state index contributed by atoms with van der Waals surface area (Å²) < 4.78 is 5.51. The van der Waals surface area contributed by atoms with E-state index < -0.39 is 0 Å². The minimum absolute atomic E-state index is 0.0633. The first-order valence-electron chi connectivity index (χ1n) is 9.75. The maximum atomic E-state index is 4.44. The Kier molecular flexibility index (Phi) is 4.42. The molecule has 28 heavy (non-hydrogen) atoms. The van der Waals surface area contributed by atoms with Gasteiger partial charge < -0.3 is 4.57 Å². The van der Waals surface area contributed by atoms with Crippen LogP contribution in [0.5, 0.6) is 0 Å². The molecule has 0 fully saturated rings. The summed E-state index contributed by atoms with van der Waals surface area (Å²) in [6, 6.07) is 6.63. The van der Waals surface area contributed by atoms with Crippen LogP contribution in [-0.2, 0) is 5.54 Å². The third-order valence-electron chi connectivity index (χ3n) is 5.60. The number of aryl methyl sites for hydroxylation is 1. The Labute approximate surface area is 174 Å². The first-order chi connectivity index (χ1) is 13.1. The molecule has 0 N–H and O–H groups in total. The van der Waals surface area contributed by atoms with Gasteiger partial charge in [-0.05, 0) is 75.4 Å². The number of hydrogen-bond donors (Lipinski definition) is 0. The van der Waals surface area contributed by atoms with Crippen molar-refractivity contribution in [3.63, 3.8) is 0 Å². The molecule has 0 bridgehead atoms. The highest BCUT2D eigenvalue weighted by Gasteiger charge is 2.28. The van der Waals surface area contributed by atoms with Crippen LogP contribution in [-0.4, -0.2) is 19.2 Å². The predicted molar refractivity (Wildman–Crippen MR) is 120 cm³/mol. The van der Waals surface area contributed by atoms with E-state index in [-0.39, 0.29) is 5.54 Å². The molecule has 0 saturated carbocycles. The van der Waals surface area contributed by atoms with Crippen molar-refractivity contribution in [2.24, 2.45) is 0 Å². The zero-order chi connectivity index (χ0) is 20.4. The molecular formula is C23H27BrN4. The molecule has 0 amide bonds. The van der Waals surface area contributed by atoms with Crippen LogP contribution < -0.4 is 0 Å². The van der Waals surface area contributed by atoms with Crippen molar-refractivity contribution in [1.29, 1.82) is 0 Å². The maximum absolute atomic E-state index is 4.44. The molecule has 1 aromatic carbocycles. The molecule has 0 radical (unpaired) electrons. The van der Waals surface area contributed by atoms with Crippen LogP contribution >= 0.6 is 15.9 Å². The highest BCUT2D eigenvalue weighted by molar-refractivity contribution is 9.10. The van der Waals surface area contributed by atoms with Crippen LogP contribution in [0.4, 0.5) is 0 Å². The van der Waals surface area contributed by atoms with Crippen LogP contribution in [0.2, 0.25) is 0 Å².